The third-order valence-corrected chi connectivity index (χ3v) is 1.96. The van der Waals surface area contributed by atoms with Crippen molar-refractivity contribution in [1.29, 1.82) is 5.41 Å². The summed E-state index contributed by atoms with van der Waals surface area (Å²) in [6, 6.07) is 7.30. The van der Waals surface area contributed by atoms with Crippen LogP contribution >= 0.6 is 0 Å². The van der Waals surface area contributed by atoms with Gasteiger partial charge in [-0.3, -0.25) is 10.4 Å². The van der Waals surface area contributed by atoms with Crippen LogP contribution in [0.15, 0.2) is 24.3 Å². The summed E-state index contributed by atoms with van der Waals surface area (Å²) in [6.07, 6.45) is 0. The van der Waals surface area contributed by atoms with E-state index in [1.54, 1.807) is 6.07 Å². The van der Waals surface area contributed by atoms with Gasteiger partial charge in [-0.05, 0) is 31.2 Å². The molecular formula is C10H10N4. The molecule has 0 unspecified atom stereocenters. The van der Waals surface area contributed by atoms with Crippen molar-refractivity contribution in [2.45, 2.75) is 6.92 Å². The molecule has 0 bridgehead atoms. The molecule has 3 N–H and O–H groups in total. The van der Waals surface area contributed by atoms with E-state index in [2.05, 4.69) is 9.97 Å². The molecule has 2 rings (SSSR count). The fourth-order valence-corrected chi connectivity index (χ4v) is 1.26. The Kier molecular flexibility index (Phi) is 1.89. The average molecular weight is 186 g/mol. The molecule has 0 radical (unpaired) electrons. The minimum Gasteiger partial charge on any atom is -0.382 e. The fraction of sp³-hybridized carbons (Fsp3) is 0.100. The smallest absolute Gasteiger partial charge is 0.141 e. The number of rotatable bonds is 1. The Balaban J connectivity index is 2.67. The Morgan fingerprint density at radius 3 is 2.50 bits per heavy atom. The number of nitrogens with two attached hydrogens (primary N) is 1. The molecule has 0 aliphatic carbocycles. The van der Waals surface area contributed by atoms with Gasteiger partial charge >= 0.3 is 0 Å². The predicted molar refractivity (Wildman–Crippen MR) is 55.3 cm³/mol. The number of amidine groups is 1. The van der Waals surface area contributed by atoms with Crippen molar-refractivity contribution in [3.05, 3.63) is 35.7 Å². The predicted octanol–water partition coefficient (Wildman–Crippen LogP) is 1.22. The lowest BCUT2D eigenvalue weighted by molar-refractivity contribution is 1.22. The zero-order valence-corrected chi connectivity index (χ0v) is 7.78. The SMILES string of the molecule is Cc1ccc2nc(C(=N)N)ccc2n1. The van der Waals surface area contributed by atoms with Gasteiger partial charge in [-0.2, -0.15) is 0 Å². The molecule has 2 aromatic heterocycles. The van der Waals surface area contributed by atoms with E-state index in [4.69, 9.17) is 11.1 Å². The summed E-state index contributed by atoms with van der Waals surface area (Å²) in [4.78, 5) is 8.51. The molecule has 0 aliphatic heterocycles. The minimum absolute atomic E-state index is 0.0209. The Morgan fingerprint density at radius 2 is 1.79 bits per heavy atom. The third-order valence-electron chi connectivity index (χ3n) is 1.96. The molecule has 4 heteroatoms. The van der Waals surface area contributed by atoms with Gasteiger partial charge < -0.3 is 5.73 Å². The largest absolute Gasteiger partial charge is 0.382 e. The monoisotopic (exact) mass is 186 g/mol. The van der Waals surface area contributed by atoms with E-state index in [0.29, 0.717) is 5.69 Å². The maximum Gasteiger partial charge on any atom is 0.141 e. The second kappa shape index (κ2) is 3.06. The molecule has 2 aromatic rings. The molecule has 0 spiro atoms. The fourth-order valence-electron chi connectivity index (χ4n) is 1.26. The number of nitrogens with zero attached hydrogens (tertiary/aromatic N) is 2. The van der Waals surface area contributed by atoms with Crippen LogP contribution < -0.4 is 5.73 Å². The first-order valence-electron chi connectivity index (χ1n) is 4.25. The minimum atomic E-state index is -0.0209. The molecule has 70 valence electrons. The van der Waals surface area contributed by atoms with Crippen LogP contribution in [0, 0.1) is 12.3 Å². The van der Waals surface area contributed by atoms with Crippen LogP contribution in [0.2, 0.25) is 0 Å². The van der Waals surface area contributed by atoms with Crippen molar-refractivity contribution in [2.75, 3.05) is 0 Å². The molecular weight excluding hydrogens is 176 g/mol. The number of aryl methyl sites for hydroxylation is 1. The summed E-state index contributed by atoms with van der Waals surface area (Å²) in [7, 11) is 0. The van der Waals surface area contributed by atoms with E-state index in [-0.39, 0.29) is 5.84 Å². The van der Waals surface area contributed by atoms with Gasteiger partial charge in [-0.25, -0.2) is 4.98 Å². The van der Waals surface area contributed by atoms with Crippen LogP contribution in [0.3, 0.4) is 0 Å². The second-order valence-corrected chi connectivity index (χ2v) is 3.10. The lowest BCUT2D eigenvalue weighted by atomic mass is 10.2. The van der Waals surface area contributed by atoms with E-state index in [1.807, 2.05) is 25.1 Å². The Labute approximate surface area is 81.3 Å². The van der Waals surface area contributed by atoms with Gasteiger partial charge in [-0.15, -0.1) is 0 Å². The van der Waals surface area contributed by atoms with E-state index >= 15 is 0 Å². The van der Waals surface area contributed by atoms with Crippen molar-refractivity contribution in [3.63, 3.8) is 0 Å². The first kappa shape index (κ1) is 8.62. The number of hydrogen-bond acceptors (Lipinski definition) is 3. The molecule has 0 aliphatic rings. The number of nitrogens with one attached hydrogen (secondary N) is 1. The van der Waals surface area contributed by atoms with Gasteiger partial charge in [-0.1, -0.05) is 0 Å². The summed E-state index contributed by atoms with van der Waals surface area (Å²) in [5, 5.41) is 7.25. The number of pyridine rings is 2. The Hall–Kier alpha value is -1.97. The molecule has 2 heterocycles. The highest BCUT2D eigenvalue weighted by molar-refractivity contribution is 5.94. The van der Waals surface area contributed by atoms with Crippen LogP contribution in [0.4, 0.5) is 0 Å². The van der Waals surface area contributed by atoms with Gasteiger partial charge in [0.2, 0.25) is 0 Å². The molecule has 0 aromatic carbocycles. The molecule has 0 fully saturated rings. The first-order valence-corrected chi connectivity index (χ1v) is 4.25. The van der Waals surface area contributed by atoms with Crippen molar-refractivity contribution < 1.29 is 0 Å². The summed E-state index contributed by atoms with van der Waals surface area (Å²) in [5.41, 5.74) is 8.37. The molecule has 0 saturated carbocycles. The lowest BCUT2D eigenvalue weighted by Crippen LogP contribution is -2.12. The molecule has 4 nitrogen and oxygen atoms in total. The van der Waals surface area contributed by atoms with Crippen molar-refractivity contribution in [1.82, 2.24) is 9.97 Å². The van der Waals surface area contributed by atoms with Crippen LogP contribution in [0.5, 0.6) is 0 Å². The quantitative estimate of drug-likeness (QED) is 0.519. The molecule has 14 heavy (non-hydrogen) atoms. The van der Waals surface area contributed by atoms with Crippen molar-refractivity contribution >= 4 is 16.9 Å². The maximum atomic E-state index is 7.25. The molecule has 0 atom stereocenters. The third kappa shape index (κ3) is 1.42. The normalized spacial score (nSPS) is 10.4. The van der Waals surface area contributed by atoms with E-state index < -0.39 is 0 Å². The van der Waals surface area contributed by atoms with Gasteiger partial charge in [0.1, 0.15) is 11.5 Å². The van der Waals surface area contributed by atoms with Crippen LogP contribution in [0.1, 0.15) is 11.4 Å². The highest BCUT2D eigenvalue weighted by atomic mass is 14.8. The lowest BCUT2D eigenvalue weighted by Gasteiger charge is -2.00. The van der Waals surface area contributed by atoms with E-state index in [9.17, 15) is 0 Å². The number of nitrogen functional groups attached to an aromatic ring is 1. The average Bonchev–Trinajstić information content (AvgIpc) is 2.16. The highest BCUT2D eigenvalue weighted by Gasteiger charge is 2.01. The summed E-state index contributed by atoms with van der Waals surface area (Å²) >= 11 is 0. The van der Waals surface area contributed by atoms with Crippen LogP contribution in [-0.4, -0.2) is 15.8 Å². The standard InChI is InChI=1S/C10H10N4/c1-6-2-3-8-7(13-6)4-5-9(14-8)10(11)12/h2-5H,1H3,(H3,11,12). The van der Waals surface area contributed by atoms with Crippen molar-refractivity contribution in [2.24, 2.45) is 5.73 Å². The zero-order valence-electron chi connectivity index (χ0n) is 7.78. The zero-order chi connectivity index (χ0) is 10.1. The van der Waals surface area contributed by atoms with E-state index in [0.717, 1.165) is 16.7 Å². The topological polar surface area (TPSA) is 75.7 Å². The maximum absolute atomic E-state index is 7.25. The first-order chi connectivity index (χ1) is 6.66. The van der Waals surface area contributed by atoms with Gasteiger partial charge in [0.05, 0.1) is 11.0 Å². The van der Waals surface area contributed by atoms with E-state index in [1.165, 1.54) is 0 Å². The van der Waals surface area contributed by atoms with Crippen LogP contribution in [0.25, 0.3) is 11.0 Å². The summed E-state index contributed by atoms with van der Waals surface area (Å²) < 4.78 is 0. The Bertz CT molecular complexity index is 504. The number of fused-ring (bicyclic) bond motifs is 1. The van der Waals surface area contributed by atoms with Gasteiger partial charge in [0.25, 0.3) is 0 Å². The van der Waals surface area contributed by atoms with Gasteiger partial charge in [0, 0.05) is 5.69 Å². The highest BCUT2D eigenvalue weighted by Crippen LogP contribution is 2.10. The number of aromatic nitrogens is 2. The summed E-state index contributed by atoms with van der Waals surface area (Å²) in [6.45, 7) is 1.93. The van der Waals surface area contributed by atoms with Crippen LogP contribution in [-0.2, 0) is 0 Å². The summed E-state index contributed by atoms with van der Waals surface area (Å²) in [5.74, 6) is -0.0209. The van der Waals surface area contributed by atoms with Gasteiger partial charge in [0.15, 0.2) is 0 Å². The number of hydrogen-bond donors (Lipinski definition) is 2. The molecule has 0 amide bonds. The Morgan fingerprint density at radius 1 is 1.14 bits per heavy atom. The molecule has 0 saturated heterocycles. The second-order valence-electron chi connectivity index (χ2n) is 3.10. The van der Waals surface area contributed by atoms with Crippen molar-refractivity contribution in [3.8, 4) is 0 Å².